The Bertz CT molecular complexity index is 416. The second-order valence-electron chi connectivity index (χ2n) is 3.88. The van der Waals surface area contributed by atoms with Crippen molar-refractivity contribution in [2.24, 2.45) is 0 Å². The number of halogens is 1. The molecule has 1 unspecified atom stereocenters. The molecule has 0 aromatic heterocycles. The van der Waals surface area contributed by atoms with E-state index in [-0.39, 0.29) is 17.8 Å². The summed E-state index contributed by atoms with van der Waals surface area (Å²) in [6.45, 7) is 4.98. The molecular formula is C13H14FNO2. The molecule has 0 saturated carbocycles. The maximum Gasteiger partial charge on any atom is 0.246 e. The minimum Gasteiger partial charge on any atom is -0.377 e. The fourth-order valence-corrected chi connectivity index (χ4v) is 1.95. The standard InChI is InChI=1S/C13H14FNO2/c1-2-13(16)15-7-8-17-9-12(15)10-3-5-11(14)6-4-10/h2-6,12H,1,7-9H2. The van der Waals surface area contributed by atoms with Crippen LogP contribution in [0.2, 0.25) is 0 Å². The summed E-state index contributed by atoms with van der Waals surface area (Å²) in [4.78, 5) is 13.4. The van der Waals surface area contributed by atoms with E-state index in [0.29, 0.717) is 19.8 Å². The number of carbonyl (C=O) groups is 1. The topological polar surface area (TPSA) is 29.5 Å². The predicted octanol–water partition coefficient (Wildman–Crippen LogP) is 1.91. The maximum atomic E-state index is 12.8. The summed E-state index contributed by atoms with van der Waals surface area (Å²) in [5.41, 5.74) is 0.876. The minimum absolute atomic E-state index is 0.123. The largest absolute Gasteiger partial charge is 0.377 e. The van der Waals surface area contributed by atoms with Crippen LogP contribution in [-0.2, 0) is 9.53 Å². The Labute approximate surface area is 99.5 Å². The summed E-state index contributed by atoms with van der Waals surface area (Å²) in [5, 5.41) is 0. The van der Waals surface area contributed by atoms with Gasteiger partial charge in [0, 0.05) is 6.54 Å². The number of nitrogens with zero attached hydrogens (tertiary/aromatic N) is 1. The number of benzene rings is 1. The highest BCUT2D eigenvalue weighted by atomic mass is 19.1. The Kier molecular flexibility index (Phi) is 3.54. The van der Waals surface area contributed by atoms with Crippen molar-refractivity contribution in [2.75, 3.05) is 19.8 Å². The van der Waals surface area contributed by atoms with Crippen molar-refractivity contribution in [3.8, 4) is 0 Å². The number of rotatable bonds is 2. The molecule has 1 amide bonds. The maximum absolute atomic E-state index is 12.8. The van der Waals surface area contributed by atoms with Gasteiger partial charge in [-0.05, 0) is 23.8 Å². The first-order valence-corrected chi connectivity index (χ1v) is 5.48. The van der Waals surface area contributed by atoms with E-state index < -0.39 is 0 Å². The molecule has 1 aromatic rings. The molecule has 0 spiro atoms. The van der Waals surface area contributed by atoms with Gasteiger partial charge < -0.3 is 9.64 Å². The highest BCUT2D eigenvalue weighted by molar-refractivity contribution is 5.87. The average molecular weight is 235 g/mol. The molecule has 1 fully saturated rings. The molecule has 0 aliphatic carbocycles. The van der Waals surface area contributed by atoms with Crippen LogP contribution in [0.15, 0.2) is 36.9 Å². The summed E-state index contributed by atoms with van der Waals surface area (Å²) in [7, 11) is 0. The van der Waals surface area contributed by atoms with E-state index in [1.54, 1.807) is 17.0 Å². The molecule has 0 N–H and O–H groups in total. The van der Waals surface area contributed by atoms with Crippen LogP contribution in [0, 0.1) is 5.82 Å². The summed E-state index contributed by atoms with van der Waals surface area (Å²) in [5.74, 6) is -0.408. The van der Waals surface area contributed by atoms with E-state index in [2.05, 4.69) is 6.58 Å². The van der Waals surface area contributed by atoms with Crippen LogP contribution >= 0.6 is 0 Å². The number of carbonyl (C=O) groups excluding carboxylic acids is 1. The van der Waals surface area contributed by atoms with Crippen molar-refractivity contribution in [2.45, 2.75) is 6.04 Å². The van der Waals surface area contributed by atoms with Gasteiger partial charge in [0.05, 0.1) is 19.3 Å². The number of amides is 1. The van der Waals surface area contributed by atoms with Crippen LogP contribution in [0.25, 0.3) is 0 Å². The Balaban J connectivity index is 2.24. The van der Waals surface area contributed by atoms with Gasteiger partial charge in [-0.25, -0.2) is 4.39 Å². The summed E-state index contributed by atoms with van der Waals surface area (Å²) >= 11 is 0. The van der Waals surface area contributed by atoms with Crippen molar-refractivity contribution in [3.05, 3.63) is 48.3 Å². The normalized spacial score (nSPS) is 20.1. The molecule has 1 atom stereocenters. The first-order chi connectivity index (χ1) is 8.22. The van der Waals surface area contributed by atoms with Gasteiger partial charge in [0.1, 0.15) is 5.82 Å². The number of hydrogen-bond acceptors (Lipinski definition) is 2. The van der Waals surface area contributed by atoms with Crippen molar-refractivity contribution < 1.29 is 13.9 Å². The lowest BCUT2D eigenvalue weighted by Crippen LogP contribution is -2.42. The van der Waals surface area contributed by atoms with Gasteiger partial charge in [-0.3, -0.25) is 4.79 Å². The molecule has 3 nitrogen and oxygen atoms in total. The van der Waals surface area contributed by atoms with Crippen LogP contribution < -0.4 is 0 Å². The molecule has 4 heteroatoms. The van der Waals surface area contributed by atoms with Gasteiger partial charge in [-0.2, -0.15) is 0 Å². The van der Waals surface area contributed by atoms with E-state index in [1.165, 1.54) is 18.2 Å². The predicted molar refractivity (Wildman–Crippen MR) is 61.9 cm³/mol. The van der Waals surface area contributed by atoms with Crippen molar-refractivity contribution >= 4 is 5.91 Å². The monoisotopic (exact) mass is 235 g/mol. The number of hydrogen-bond donors (Lipinski definition) is 0. The van der Waals surface area contributed by atoms with E-state index in [4.69, 9.17) is 4.74 Å². The van der Waals surface area contributed by atoms with Crippen LogP contribution in [0.4, 0.5) is 4.39 Å². The molecule has 0 radical (unpaired) electrons. The van der Waals surface area contributed by atoms with E-state index in [0.717, 1.165) is 5.56 Å². The zero-order chi connectivity index (χ0) is 12.3. The summed E-state index contributed by atoms with van der Waals surface area (Å²) < 4.78 is 18.2. The third-order valence-corrected chi connectivity index (χ3v) is 2.84. The lowest BCUT2D eigenvalue weighted by Gasteiger charge is -2.35. The Morgan fingerprint density at radius 3 is 2.82 bits per heavy atom. The molecule has 1 heterocycles. The molecule has 1 aliphatic heterocycles. The van der Waals surface area contributed by atoms with Gasteiger partial charge in [-0.15, -0.1) is 0 Å². The van der Waals surface area contributed by atoms with Crippen LogP contribution in [0.1, 0.15) is 11.6 Å². The van der Waals surface area contributed by atoms with Crippen molar-refractivity contribution in [1.29, 1.82) is 0 Å². The van der Waals surface area contributed by atoms with E-state index in [9.17, 15) is 9.18 Å². The summed E-state index contributed by atoms with van der Waals surface area (Å²) in [6, 6.07) is 5.98. The number of morpholine rings is 1. The Morgan fingerprint density at radius 2 is 2.18 bits per heavy atom. The third-order valence-electron chi connectivity index (χ3n) is 2.84. The van der Waals surface area contributed by atoms with Crippen molar-refractivity contribution in [3.63, 3.8) is 0 Å². The zero-order valence-electron chi connectivity index (χ0n) is 9.43. The number of ether oxygens (including phenoxy) is 1. The Morgan fingerprint density at radius 1 is 1.47 bits per heavy atom. The van der Waals surface area contributed by atoms with Crippen LogP contribution in [-0.4, -0.2) is 30.6 Å². The quantitative estimate of drug-likeness (QED) is 0.733. The molecule has 1 saturated heterocycles. The third kappa shape index (κ3) is 2.53. The van der Waals surface area contributed by atoms with Crippen LogP contribution in [0.5, 0.6) is 0 Å². The second-order valence-corrected chi connectivity index (χ2v) is 3.88. The van der Waals surface area contributed by atoms with E-state index >= 15 is 0 Å². The fourth-order valence-electron chi connectivity index (χ4n) is 1.95. The van der Waals surface area contributed by atoms with Crippen LogP contribution in [0.3, 0.4) is 0 Å². The van der Waals surface area contributed by atoms with Crippen molar-refractivity contribution in [1.82, 2.24) is 4.90 Å². The van der Waals surface area contributed by atoms with Gasteiger partial charge in [0.25, 0.3) is 0 Å². The summed E-state index contributed by atoms with van der Waals surface area (Å²) in [6.07, 6.45) is 1.29. The molecule has 90 valence electrons. The lowest BCUT2D eigenvalue weighted by atomic mass is 10.0. The second kappa shape index (κ2) is 5.10. The first-order valence-electron chi connectivity index (χ1n) is 5.48. The molecular weight excluding hydrogens is 221 g/mol. The zero-order valence-corrected chi connectivity index (χ0v) is 9.43. The molecule has 1 aromatic carbocycles. The SMILES string of the molecule is C=CC(=O)N1CCOCC1c1ccc(F)cc1. The fraction of sp³-hybridized carbons (Fsp3) is 0.308. The smallest absolute Gasteiger partial charge is 0.246 e. The van der Waals surface area contributed by atoms with E-state index in [1.807, 2.05) is 0 Å². The first kappa shape index (κ1) is 11.8. The lowest BCUT2D eigenvalue weighted by molar-refractivity contribution is -0.134. The van der Waals surface area contributed by atoms with Gasteiger partial charge in [0.2, 0.25) is 5.91 Å². The molecule has 17 heavy (non-hydrogen) atoms. The van der Waals surface area contributed by atoms with Gasteiger partial charge in [0.15, 0.2) is 0 Å². The van der Waals surface area contributed by atoms with Gasteiger partial charge >= 0.3 is 0 Å². The average Bonchev–Trinajstić information content (AvgIpc) is 2.39. The Hall–Kier alpha value is -1.68. The molecule has 2 rings (SSSR count). The molecule has 0 bridgehead atoms. The molecule has 1 aliphatic rings. The minimum atomic E-state index is -0.285. The highest BCUT2D eigenvalue weighted by Gasteiger charge is 2.26. The van der Waals surface area contributed by atoms with Gasteiger partial charge in [-0.1, -0.05) is 18.7 Å². The highest BCUT2D eigenvalue weighted by Crippen LogP contribution is 2.24.